The number of hydrogen-bond donors (Lipinski definition) is 1. The quantitative estimate of drug-likeness (QED) is 0.533. The van der Waals surface area contributed by atoms with Crippen LogP contribution in [0.3, 0.4) is 0 Å². The Balaban J connectivity index is 2.07. The molecule has 0 heterocycles. The summed E-state index contributed by atoms with van der Waals surface area (Å²) in [6, 6.07) is 0. The highest BCUT2D eigenvalue weighted by Gasteiger charge is 2.29. The minimum absolute atomic E-state index is 0.196. The molecule has 0 aliphatic heterocycles. The molecule has 0 amide bonds. The van der Waals surface area contributed by atoms with Gasteiger partial charge in [0, 0.05) is 24.6 Å². The number of hydrogen-bond acceptors (Lipinski definition) is 2. The van der Waals surface area contributed by atoms with Crippen LogP contribution in [0.2, 0.25) is 0 Å². The molecule has 0 atom stereocenters. The third-order valence-electron chi connectivity index (χ3n) is 3.65. The molecule has 1 fully saturated rings. The number of halogens is 1. The molecular weight excluding hydrogens is 234 g/mol. The van der Waals surface area contributed by atoms with E-state index in [1.165, 1.54) is 32.1 Å². The lowest BCUT2D eigenvalue weighted by molar-refractivity contribution is 0.115. The van der Waals surface area contributed by atoms with E-state index in [4.69, 9.17) is 16.3 Å². The number of ether oxygens (including phenoxy) is 1. The Morgan fingerprint density at radius 1 is 1.18 bits per heavy atom. The highest BCUT2D eigenvalue weighted by Crippen LogP contribution is 2.28. The summed E-state index contributed by atoms with van der Waals surface area (Å²) in [6.07, 6.45) is 7.60. The molecule has 1 N–H and O–H groups in total. The lowest BCUT2D eigenvalue weighted by Crippen LogP contribution is -2.49. The summed E-state index contributed by atoms with van der Waals surface area (Å²) < 4.78 is 5.62. The maximum absolute atomic E-state index is 6.12. The molecule has 0 spiro atoms. The second kappa shape index (κ2) is 8.34. The van der Waals surface area contributed by atoms with E-state index in [2.05, 4.69) is 19.2 Å². The van der Waals surface area contributed by atoms with Crippen molar-refractivity contribution in [2.45, 2.75) is 57.9 Å². The Morgan fingerprint density at radius 3 is 2.47 bits per heavy atom. The summed E-state index contributed by atoms with van der Waals surface area (Å²) in [5.41, 5.74) is 0.196. The highest BCUT2D eigenvalue weighted by atomic mass is 35.5. The molecule has 0 radical (unpaired) electrons. The van der Waals surface area contributed by atoms with Crippen LogP contribution in [-0.2, 0) is 4.74 Å². The van der Waals surface area contributed by atoms with Crippen LogP contribution in [0.5, 0.6) is 0 Å². The molecule has 0 aromatic rings. The minimum atomic E-state index is 0.196. The van der Waals surface area contributed by atoms with Gasteiger partial charge in [0.2, 0.25) is 0 Å². The maximum atomic E-state index is 6.12. The van der Waals surface area contributed by atoms with Crippen LogP contribution >= 0.6 is 11.6 Å². The zero-order chi connectivity index (χ0) is 12.6. The Bertz CT molecular complexity index is 191. The standard InChI is InChI=1S/C14H28ClNO/c1-13(2)6-10-17-11-9-16-14(12-15)7-4-3-5-8-14/h13,16H,3-12H2,1-2H3. The average molecular weight is 262 g/mol. The van der Waals surface area contributed by atoms with Crippen molar-refractivity contribution in [1.82, 2.24) is 5.32 Å². The average Bonchev–Trinajstić information content (AvgIpc) is 2.34. The summed E-state index contributed by atoms with van der Waals surface area (Å²) in [4.78, 5) is 0. The second-order valence-corrected chi connectivity index (χ2v) is 5.96. The number of nitrogens with one attached hydrogen (secondary N) is 1. The van der Waals surface area contributed by atoms with E-state index in [0.717, 1.165) is 38.0 Å². The van der Waals surface area contributed by atoms with E-state index in [-0.39, 0.29) is 5.54 Å². The van der Waals surface area contributed by atoms with E-state index in [0.29, 0.717) is 0 Å². The molecule has 0 aromatic heterocycles. The molecule has 1 aliphatic rings. The van der Waals surface area contributed by atoms with Crippen molar-refractivity contribution in [3.8, 4) is 0 Å². The van der Waals surface area contributed by atoms with Crippen LogP contribution in [0.25, 0.3) is 0 Å². The zero-order valence-electron chi connectivity index (χ0n) is 11.4. The molecule has 1 aliphatic carbocycles. The smallest absolute Gasteiger partial charge is 0.0591 e. The predicted molar refractivity (Wildman–Crippen MR) is 74.8 cm³/mol. The van der Waals surface area contributed by atoms with Gasteiger partial charge in [-0.05, 0) is 25.2 Å². The summed E-state index contributed by atoms with van der Waals surface area (Å²) in [7, 11) is 0. The third-order valence-corrected chi connectivity index (χ3v) is 4.16. The fourth-order valence-corrected chi connectivity index (χ4v) is 2.76. The van der Waals surface area contributed by atoms with Gasteiger partial charge in [0.05, 0.1) is 6.61 Å². The summed E-state index contributed by atoms with van der Waals surface area (Å²) in [5.74, 6) is 1.47. The van der Waals surface area contributed by atoms with Gasteiger partial charge in [-0.15, -0.1) is 11.6 Å². The number of alkyl halides is 1. The first-order valence-electron chi connectivity index (χ1n) is 7.07. The first kappa shape index (κ1) is 15.3. The highest BCUT2D eigenvalue weighted by molar-refractivity contribution is 6.18. The number of rotatable bonds is 8. The van der Waals surface area contributed by atoms with Crippen molar-refractivity contribution in [2.24, 2.45) is 5.92 Å². The first-order valence-corrected chi connectivity index (χ1v) is 7.61. The second-order valence-electron chi connectivity index (χ2n) is 5.70. The van der Waals surface area contributed by atoms with Crippen LogP contribution < -0.4 is 5.32 Å². The monoisotopic (exact) mass is 261 g/mol. The lowest BCUT2D eigenvalue weighted by atomic mass is 9.83. The van der Waals surface area contributed by atoms with Crippen LogP contribution in [0.15, 0.2) is 0 Å². The molecule has 0 aromatic carbocycles. The topological polar surface area (TPSA) is 21.3 Å². The minimum Gasteiger partial charge on any atom is -0.380 e. The molecule has 0 saturated heterocycles. The SMILES string of the molecule is CC(C)CCOCCNC1(CCl)CCCCC1. The predicted octanol–water partition coefficient (Wildman–Crippen LogP) is 3.58. The van der Waals surface area contributed by atoms with Crippen molar-refractivity contribution >= 4 is 11.6 Å². The molecule has 2 nitrogen and oxygen atoms in total. The maximum Gasteiger partial charge on any atom is 0.0591 e. The van der Waals surface area contributed by atoms with Gasteiger partial charge >= 0.3 is 0 Å². The van der Waals surface area contributed by atoms with Gasteiger partial charge in [-0.1, -0.05) is 33.1 Å². The van der Waals surface area contributed by atoms with Gasteiger partial charge in [-0.25, -0.2) is 0 Å². The molecule has 1 rings (SSSR count). The van der Waals surface area contributed by atoms with Gasteiger partial charge in [-0.2, -0.15) is 0 Å². The van der Waals surface area contributed by atoms with Gasteiger partial charge in [0.25, 0.3) is 0 Å². The van der Waals surface area contributed by atoms with Crippen LogP contribution in [0.1, 0.15) is 52.4 Å². The Hall–Kier alpha value is 0.210. The van der Waals surface area contributed by atoms with E-state index in [1.54, 1.807) is 0 Å². The van der Waals surface area contributed by atoms with Gasteiger partial charge in [-0.3, -0.25) is 0 Å². The fourth-order valence-electron chi connectivity index (χ4n) is 2.40. The Morgan fingerprint density at radius 2 is 1.88 bits per heavy atom. The molecule has 3 heteroatoms. The van der Waals surface area contributed by atoms with E-state index in [1.807, 2.05) is 0 Å². The molecular formula is C14H28ClNO. The van der Waals surface area contributed by atoms with Crippen molar-refractivity contribution < 1.29 is 4.74 Å². The third kappa shape index (κ3) is 6.08. The van der Waals surface area contributed by atoms with E-state index < -0.39 is 0 Å². The first-order chi connectivity index (χ1) is 8.18. The van der Waals surface area contributed by atoms with Gasteiger partial charge < -0.3 is 10.1 Å². The fraction of sp³-hybridized carbons (Fsp3) is 1.00. The van der Waals surface area contributed by atoms with Crippen LogP contribution in [0, 0.1) is 5.92 Å². The Labute approximate surface area is 111 Å². The Kier molecular flexibility index (Phi) is 7.49. The van der Waals surface area contributed by atoms with Crippen LogP contribution in [0.4, 0.5) is 0 Å². The summed E-state index contributed by atoms with van der Waals surface area (Å²) in [5, 5.41) is 3.62. The molecule has 0 unspecified atom stereocenters. The van der Waals surface area contributed by atoms with Crippen molar-refractivity contribution in [3.63, 3.8) is 0 Å². The molecule has 1 saturated carbocycles. The zero-order valence-corrected chi connectivity index (χ0v) is 12.2. The summed E-state index contributed by atoms with van der Waals surface area (Å²) in [6.45, 7) is 7.08. The van der Waals surface area contributed by atoms with Gasteiger partial charge in [0.1, 0.15) is 0 Å². The normalized spacial score (nSPS) is 19.8. The van der Waals surface area contributed by atoms with Crippen LogP contribution in [-0.4, -0.2) is 31.2 Å². The molecule has 17 heavy (non-hydrogen) atoms. The van der Waals surface area contributed by atoms with Gasteiger partial charge in [0.15, 0.2) is 0 Å². The van der Waals surface area contributed by atoms with E-state index >= 15 is 0 Å². The van der Waals surface area contributed by atoms with Crippen molar-refractivity contribution in [3.05, 3.63) is 0 Å². The largest absolute Gasteiger partial charge is 0.380 e. The molecule has 0 bridgehead atoms. The van der Waals surface area contributed by atoms with E-state index in [9.17, 15) is 0 Å². The van der Waals surface area contributed by atoms with Crippen molar-refractivity contribution in [1.29, 1.82) is 0 Å². The molecule has 102 valence electrons. The van der Waals surface area contributed by atoms with Crippen molar-refractivity contribution in [2.75, 3.05) is 25.6 Å². The summed E-state index contributed by atoms with van der Waals surface area (Å²) >= 11 is 6.12. The lowest BCUT2D eigenvalue weighted by Gasteiger charge is -2.36.